The molecular weight excluding hydrogens is 344 g/mol. The molecule has 2 aliphatic carbocycles. The predicted molar refractivity (Wildman–Crippen MR) is 111 cm³/mol. The van der Waals surface area contributed by atoms with Gasteiger partial charge in [0.15, 0.2) is 0 Å². The molecule has 2 aromatic carbocycles. The van der Waals surface area contributed by atoms with Gasteiger partial charge < -0.3 is 10.2 Å². The summed E-state index contributed by atoms with van der Waals surface area (Å²) in [5.74, 6) is 3.10. The molecule has 1 saturated heterocycles. The van der Waals surface area contributed by atoms with E-state index < -0.39 is 0 Å². The van der Waals surface area contributed by atoms with Crippen LogP contribution >= 0.6 is 0 Å². The summed E-state index contributed by atoms with van der Waals surface area (Å²) in [7, 11) is 0. The molecular formula is C25H28N2O. The molecule has 3 fully saturated rings. The van der Waals surface area contributed by atoms with Crippen LogP contribution < -0.4 is 5.32 Å². The number of fused-ring (bicyclic) bond motifs is 7. The third kappa shape index (κ3) is 2.45. The van der Waals surface area contributed by atoms with Crippen molar-refractivity contribution in [1.82, 2.24) is 4.90 Å². The minimum Gasteiger partial charge on any atom is -0.378 e. The molecule has 5 atom stereocenters. The van der Waals surface area contributed by atoms with Crippen LogP contribution in [0.25, 0.3) is 0 Å². The number of likely N-dealkylation sites (tertiary alicyclic amines) is 1. The van der Waals surface area contributed by atoms with Crippen LogP contribution in [-0.4, -0.2) is 23.9 Å². The molecule has 2 bridgehead atoms. The van der Waals surface area contributed by atoms with Crippen molar-refractivity contribution < 1.29 is 4.79 Å². The first-order valence-electron chi connectivity index (χ1n) is 11.0. The number of benzene rings is 2. The van der Waals surface area contributed by atoms with E-state index in [1.165, 1.54) is 36.1 Å². The molecule has 0 spiro atoms. The molecule has 3 nitrogen and oxygen atoms in total. The summed E-state index contributed by atoms with van der Waals surface area (Å²) in [6.45, 7) is 1.84. The molecule has 6 rings (SSSR count). The summed E-state index contributed by atoms with van der Waals surface area (Å²) in [5, 5.41) is 3.88. The SMILES string of the molecule is O=C(c1ccc2c(c1)[C@H]1[C@H]3CC[C@@H](C3)[C@@H]1[C@H](c1ccccc1)N2)N1CCCC1. The molecule has 1 amide bonds. The predicted octanol–water partition coefficient (Wildman–Crippen LogP) is 5.22. The van der Waals surface area contributed by atoms with Gasteiger partial charge >= 0.3 is 0 Å². The number of carbonyl (C=O) groups is 1. The molecule has 2 heterocycles. The molecule has 4 aliphatic rings. The summed E-state index contributed by atoms with van der Waals surface area (Å²) < 4.78 is 0. The van der Waals surface area contributed by atoms with E-state index in [1.807, 2.05) is 11.0 Å². The number of amides is 1. The Morgan fingerprint density at radius 3 is 2.57 bits per heavy atom. The Kier molecular flexibility index (Phi) is 3.78. The zero-order chi connectivity index (χ0) is 18.7. The fourth-order valence-electron chi connectivity index (χ4n) is 6.71. The van der Waals surface area contributed by atoms with E-state index in [0.717, 1.165) is 43.3 Å². The smallest absolute Gasteiger partial charge is 0.253 e. The molecule has 2 aromatic rings. The highest BCUT2D eigenvalue weighted by molar-refractivity contribution is 5.95. The van der Waals surface area contributed by atoms with Crippen LogP contribution in [0.5, 0.6) is 0 Å². The average Bonchev–Trinajstić information content (AvgIpc) is 3.51. The highest BCUT2D eigenvalue weighted by Crippen LogP contribution is 2.63. The molecule has 0 radical (unpaired) electrons. The van der Waals surface area contributed by atoms with Crippen molar-refractivity contribution in [2.45, 2.75) is 44.1 Å². The highest BCUT2D eigenvalue weighted by atomic mass is 16.2. The zero-order valence-corrected chi connectivity index (χ0v) is 16.3. The monoisotopic (exact) mass is 372 g/mol. The maximum absolute atomic E-state index is 13.0. The summed E-state index contributed by atoms with van der Waals surface area (Å²) in [5.41, 5.74) is 4.96. The van der Waals surface area contributed by atoms with Crippen LogP contribution in [0, 0.1) is 17.8 Å². The van der Waals surface area contributed by atoms with Crippen LogP contribution in [-0.2, 0) is 0 Å². The lowest BCUT2D eigenvalue weighted by Crippen LogP contribution is -2.36. The normalized spacial score (nSPS) is 32.7. The second kappa shape index (κ2) is 6.37. The minimum absolute atomic E-state index is 0.227. The maximum atomic E-state index is 13.0. The van der Waals surface area contributed by atoms with Gasteiger partial charge in [0.25, 0.3) is 5.91 Å². The maximum Gasteiger partial charge on any atom is 0.253 e. The van der Waals surface area contributed by atoms with Gasteiger partial charge in [0, 0.05) is 24.3 Å². The average molecular weight is 373 g/mol. The quantitative estimate of drug-likeness (QED) is 0.784. The zero-order valence-electron chi connectivity index (χ0n) is 16.3. The van der Waals surface area contributed by atoms with Crippen molar-refractivity contribution in [2.24, 2.45) is 17.8 Å². The van der Waals surface area contributed by atoms with Crippen molar-refractivity contribution in [2.75, 3.05) is 18.4 Å². The van der Waals surface area contributed by atoms with Gasteiger partial charge in [-0.2, -0.15) is 0 Å². The lowest BCUT2D eigenvalue weighted by atomic mass is 9.68. The minimum atomic E-state index is 0.227. The van der Waals surface area contributed by atoms with E-state index in [4.69, 9.17) is 0 Å². The second-order valence-corrected chi connectivity index (χ2v) is 9.27. The number of hydrogen-bond donors (Lipinski definition) is 1. The van der Waals surface area contributed by atoms with Gasteiger partial charge in [-0.25, -0.2) is 0 Å². The highest BCUT2D eigenvalue weighted by Gasteiger charge is 2.53. The Hall–Kier alpha value is -2.29. The summed E-state index contributed by atoms with van der Waals surface area (Å²) in [6.07, 6.45) is 6.39. The van der Waals surface area contributed by atoms with E-state index in [-0.39, 0.29) is 5.91 Å². The van der Waals surface area contributed by atoms with Crippen LogP contribution in [0.15, 0.2) is 48.5 Å². The Morgan fingerprint density at radius 1 is 0.964 bits per heavy atom. The van der Waals surface area contributed by atoms with E-state index in [1.54, 1.807) is 0 Å². The van der Waals surface area contributed by atoms with Crippen LogP contribution in [0.3, 0.4) is 0 Å². The topological polar surface area (TPSA) is 32.3 Å². The van der Waals surface area contributed by atoms with E-state index >= 15 is 0 Å². The van der Waals surface area contributed by atoms with E-state index in [0.29, 0.717) is 17.9 Å². The molecule has 2 saturated carbocycles. The van der Waals surface area contributed by atoms with Gasteiger partial charge in [0.05, 0.1) is 6.04 Å². The fourth-order valence-corrected chi connectivity index (χ4v) is 6.71. The first kappa shape index (κ1) is 16.6. The van der Waals surface area contributed by atoms with E-state index in [9.17, 15) is 4.79 Å². The van der Waals surface area contributed by atoms with Gasteiger partial charge in [-0.15, -0.1) is 0 Å². The van der Waals surface area contributed by atoms with Crippen molar-refractivity contribution in [3.63, 3.8) is 0 Å². The van der Waals surface area contributed by atoms with Gasteiger partial charge in [-0.3, -0.25) is 4.79 Å². The molecule has 3 heteroatoms. The summed E-state index contributed by atoms with van der Waals surface area (Å²) in [6, 6.07) is 17.8. The number of hydrogen-bond acceptors (Lipinski definition) is 2. The van der Waals surface area contributed by atoms with Crippen LogP contribution in [0.2, 0.25) is 0 Å². The van der Waals surface area contributed by atoms with Gasteiger partial charge in [-0.05, 0) is 85.1 Å². The van der Waals surface area contributed by atoms with Gasteiger partial charge in [0.1, 0.15) is 0 Å². The number of nitrogens with zero attached hydrogens (tertiary/aromatic N) is 1. The Balaban J connectivity index is 1.41. The molecule has 1 N–H and O–H groups in total. The lowest BCUT2D eigenvalue weighted by Gasteiger charge is -2.43. The van der Waals surface area contributed by atoms with Gasteiger partial charge in [-0.1, -0.05) is 30.3 Å². The largest absolute Gasteiger partial charge is 0.378 e. The van der Waals surface area contributed by atoms with Crippen molar-refractivity contribution in [3.05, 3.63) is 65.2 Å². The van der Waals surface area contributed by atoms with Crippen LogP contribution in [0.4, 0.5) is 5.69 Å². The van der Waals surface area contributed by atoms with Crippen molar-refractivity contribution in [3.8, 4) is 0 Å². The van der Waals surface area contributed by atoms with Crippen molar-refractivity contribution >= 4 is 11.6 Å². The number of carbonyl (C=O) groups excluding carboxylic acids is 1. The van der Waals surface area contributed by atoms with Gasteiger partial charge in [0.2, 0.25) is 0 Å². The molecule has 0 aromatic heterocycles. The Labute approximate surface area is 167 Å². The number of rotatable bonds is 2. The summed E-state index contributed by atoms with van der Waals surface area (Å²) in [4.78, 5) is 15.0. The number of anilines is 1. The molecule has 0 unspecified atom stereocenters. The number of nitrogens with one attached hydrogen (secondary N) is 1. The third-order valence-corrected chi connectivity index (χ3v) is 7.89. The van der Waals surface area contributed by atoms with Crippen molar-refractivity contribution in [1.29, 1.82) is 0 Å². The van der Waals surface area contributed by atoms with Crippen LogP contribution in [0.1, 0.15) is 65.5 Å². The first-order chi connectivity index (χ1) is 13.8. The third-order valence-electron chi connectivity index (χ3n) is 7.89. The first-order valence-corrected chi connectivity index (χ1v) is 11.0. The lowest BCUT2D eigenvalue weighted by molar-refractivity contribution is 0.0792. The summed E-state index contributed by atoms with van der Waals surface area (Å²) >= 11 is 0. The molecule has 28 heavy (non-hydrogen) atoms. The fraction of sp³-hybridized carbons (Fsp3) is 0.480. The molecule has 144 valence electrons. The molecule has 2 aliphatic heterocycles. The Bertz CT molecular complexity index is 902. The van der Waals surface area contributed by atoms with E-state index in [2.05, 4.69) is 47.8 Å². The standard InChI is InChI=1S/C25H28N2O/c28-25(27-12-4-5-13-27)19-10-11-21-20(15-19)22-17-8-9-18(14-17)23(22)24(26-21)16-6-2-1-3-7-16/h1-3,6-7,10-11,15,17-18,22-24,26H,4-5,8-9,12-14H2/t17-,18-,22+,23-,24-/m0/s1. The Morgan fingerprint density at radius 2 is 1.75 bits per heavy atom. The second-order valence-electron chi connectivity index (χ2n) is 9.27.